The molecule has 0 aliphatic heterocycles. The van der Waals surface area contributed by atoms with Crippen LogP contribution in [0.4, 0.5) is 5.69 Å². The number of nitrogens with one attached hydrogen (secondary N) is 1. The third-order valence-corrected chi connectivity index (χ3v) is 3.13. The molecule has 19 heavy (non-hydrogen) atoms. The molecule has 1 unspecified atom stereocenters. The van der Waals surface area contributed by atoms with Crippen LogP contribution >= 0.6 is 0 Å². The van der Waals surface area contributed by atoms with E-state index in [1.165, 1.54) is 0 Å². The SMILES string of the molecule is Cc1nn(C)c(C)c1OC(C)CNc1ccccc1. The van der Waals surface area contributed by atoms with E-state index in [-0.39, 0.29) is 6.10 Å². The number of hydrogen-bond acceptors (Lipinski definition) is 3. The molecule has 2 aromatic rings. The maximum Gasteiger partial charge on any atom is 0.163 e. The van der Waals surface area contributed by atoms with Crippen molar-refractivity contribution in [3.8, 4) is 5.75 Å². The van der Waals surface area contributed by atoms with Crippen LogP contribution in [0.1, 0.15) is 18.3 Å². The minimum atomic E-state index is 0.0850. The highest BCUT2D eigenvalue weighted by atomic mass is 16.5. The topological polar surface area (TPSA) is 39.1 Å². The Bertz CT molecular complexity index is 534. The van der Waals surface area contributed by atoms with Crippen molar-refractivity contribution in [1.82, 2.24) is 9.78 Å². The summed E-state index contributed by atoms with van der Waals surface area (Å²) in [5.74, 6) is 0.893. The maximum absolute atomic E-state index is 5.97. The van der Waals surface area contributed by atoms with Crippen LogP contribution in [-0.2, 0) is 7.05 Å². The lowest BCUT2D eigenvalue weighted by Gasteiger charge is -2.16. The lowest BCUT2D eigenvalue weighted by atomic mass is 10.3. The highest BCUT2D eigenvalue weighted by molar-refractivity contribution is 5.42. The molecule has 0 fully saturated rings. The zero-order valence-corrected chi connectivity index (χ0v) is 12.0. The Morgan fingerprint density at radius 1 is 1.26 bits per heavy atom. The van der Waals surface area contributed by atoms with Gasteiger partial charge in [-0.15, -0.1) is 0 Å². The molecule has 0 spiro atoms. The summed E-state index contributed by atoms with van der Waals surface area (Å²) in [6.45, 7) is 6.81. The van der Waals surface area contributed by atoms with Crippen LogP contribution in [0.2, 0.25) is 0 Å². The summed E-state index contributed by atoms with van der Waals surface area (Å²) in [4.78, 5) is 0. The van der Waals surface area contributed by atoms with Crippen LogP contribution in [0, 0.1) is 13.8 Å². The monoisotopic (exact) mass is 259 g/mol. The number of aromatic nitrogens is 2. The van der Waals surface area contributed by atoms with E-state index in [1.54, 1.807) is 0 Å². The second kappa shape index (κ2) is 5.78. The number of hydrogen-bond donors (Lipinski definition) is 1. The molecule has 0 saturated carbocycles. The fourth-order valence-corrected chi connectivity index (χ4v) is 1.99. The van der Waals surface area contributed by atoms with E-state index in [9.17, 15) is 0 Å². The van der Waals surface area contributed by atoms with Gasteiger partial charge < -0.3 is 10.1 Å². The van der Waals surface area contributed by atoms with Gasteiger partial charge in [0.1, 0.15) is 11.8 Å². The van der Waals surface area contributed by atoms with Crippen molar-refractivity contribution < 1.29 is 4.74 Å². The lowest BCUT2D eigenvalue weighted by Crippen LogP contribution is -2.23. The third-order valence-electron chi connectivity index (χ3n) is 3.13. The van der Waals surface area contributed by atoms with Gasteiger partial charge >= 0.3 is 0 Å². The molecule has 4 nitrogen and oxygen atoms in total. The molecule has 1 heterocycles. The maximum atomic E-state index is 5.97. The number of para-hydroxylation sites is 1. The molecular formula is C15H21N3O. The van der Waals surface area contributed by atoms with Gasteiger partial charge in [-0.1, -0.05) is 18.2 Å². The fraction of sp³-hybridized carbons (Fsp3) is 0.400. The van der Waals surface area contributed by atoms with Gasteiger partial charge in [-0.25, -0.2) is 0 Å². The zero-order chi connectivity index (χ0) is 13.8. The predicted molar refractivity (Wildman–Crippen MR) is 77.7 cm³/mol. The second-order valence-electron chi connectivity index (χ2n) is 4.80. The van der Waals surface area contributed by atoms with Gasteiger partial charge in [0, 0.05) is 12.7 Å². The normalized spacial score (nSPS) is 12.2. The van der Waals surface area contributed by atoms with Crippen molar-refractivity contribution in [3.63, 3.8) is 0 Å². The minimum absolute atomic E-state index is 0.0850. The molecule has 0 bridgehead atoms. The number of benzene rings is 1. The molecule has 102 valence electrons. The largest absolute Gasteiger partial charge is 0.485 e. The number of nitrogens with zero attached hydrogens (tertiary/aromatic N) is 2. The molecule has 1 aromatic carbocycles. The number of rotatable bonds is 5. The minimum Gasteiger partial charge on any atom is -0.485 e. The van der Waals surface area contributed by atoms with Crippen molar-refractivity contribution >= 4 is 5.69 Å². The van der Waals surface area contributed by atoms with E-state index in [0.29, 0.717) is 0 Å². The van der Waals surface area contributed by atoms with E-state index in [4.69, 9.17) is 4.74 Å². The van der Waals surface area contributed by atoms with Crippen LogP contribution in [0.25, 0.3) is 0 Å². The van der Waals surface area contributed by atoms with Crippen LogP contribution in [0.5, 0.6) is 5.75 Å². The summed E-state index contributed by atoms with van der Waals surface area (Å²) in [6.07, 6.45) is 0.0850. The third kappa shape index (κ3) is 3.28. The van der Waals surface area contributed by atoms with Crippen LogP contribution in [0.3, 0.4) is 0 Å². The summed E-state index contributed by atoms with van der Waals surface area (Å²) in [6, 6.07) is 10.1. The van der Waals surface area contributed by atoms with Gasteiger partial charge in [-0.3, -0.25) is 4.68 Å². The molecule has 1 aromatic heterocycles. The Hall–Kier alpha value is -1.97. The molecule has 1 atom stereocenters. The Morgan fingerprint density at radius 2 is 1.95 bits per heavy atom. The number of aryl methyl sites for hydroxylation is 2. The molecule has 0 saturated heterocycles. The van der Waals surface area contributed by atoms with Crippen molar-refractivity contribution in [3.05, 3.63) is 41.7 Å². The Morgan fingerprint density at radius 3 is 2.53 bits per heavy atom. The second-order valence-corrected chi connectivity index (χ2v) is 4.80. The fourth-order valence-electron chi connectivity index (χ4n) is 1.99. The van der Waals surface area contributed by atoms with Gasteiger partial charge in [0.2, 0.25) is 0 Å². The van der Waals surface area contributed by atoms with Crippen molar-refractivity contribution in [2.24, 2.45) is 7.05 Å². The Kier molecular flexibility index (Phi) is 4.10. The van der Waals surface area contributed by atoms with E-state index in [1.807, 2.05) is 55.9 Å². The van der Waals surface area contributed by atoms with Crippen molar-refractivity contribution in [1.29, 1.82) is 0 Å². The van der Waals surface area contributed by atoms with Gasteiger partial charge in [0.05, 0.1) is 12.2 Å². The van der Waals surface area contributed by atoms with Gasteiger partial charge in [-0.2, -0.15) is 5.10 Å². The first kappa shape index (κ1) is 13.5. The smallest absolute Gasteiger partial charge is 0.163 e. The number of ether oxygens (including phenoxy) is 1. The van der Waals surface area contributed by atoms with Crippen LogP contribution < -0.4 is 10.1 Å². The highest BCUT2D eigenvalue weighted by Gasteiger charge is 2.13. The summed E-state index contributed by atoms with van der Waals surface area (Å²) >= 11 is 0. The molecule has 4 heteroatoms. The van der Waals surface area contributed by atoms with Crippen LogP contribution in [0.15, 0.2) is 30.3 Å². The quantitative estimate of drug-likeness (QED) is 0.897. The van der Waals surface area contributed by atoms with Crippen molar-refractivity contribution in [2.75, 3.05) is 11.9 Å². The molecule has 0 radical (unpaired) electrons. The average molecular weight is 259 g/mol. The van der Waals surface area contributed by atoms with Gasteiger partial charge in [0.15, 0.2) is 5.75 Å². The first-order valence-corrected chi connectivity index (χ1v) is 6.53. The first-order chi connectivity index (χ1) is 9.08. The summed E-state index contributed by atoms with van der Waals surface area (Å²) in [7, 11) is 1.93. The molecule has 2 rings (SSSR count). The Labute approximate surface area is 114 Å². The van der Waals surface area contributed by atoms with E-state index in [0.717, 1.165) is 29.4 Å². The van der Waals surface area contributed by atoms with E-state index < -0.39 is 0 Å². The average Bonchev–Trinajstić information content (AvgIpc) is 2.64. The first-order valence-electron chi connectivity index (χ1n) is 6.53. The molecule has 0 aliphatic carbocycles. The highest BCUT2D eigenvalue weighted by Crippen LogP contribution is 2.22. The van der Waals surface area contributed by atoms with Gasteiger partial charge in [-0.05, 0) is 32.9 Å². The standard InChI is InChI=1S/C15H21N3O/c1-11(10-16-14-8-6-5-7-9-14)19-15-12(2)17-18(4)13(15)3/h5-9,11,16H,10H2,1-4H3. The molecule has 0 amide bonds. The lowest BCUT2D eigenvalue weighted by molar-refractivity contribution is 0.231. The molecular weight excluding hydrogens is 238 g/mol. The zero-order valence-electron chi connectivity index (χ0n) is 12.0. The number of anilines is 1. The predicted octanol–water partition coefficient (Wildman–Crippen LogP) is 2.92. The molecule has 1 N–H and O–H groups in total. The van der Waals surface area contributed by atoms with E-state index >= 15 is 0 Å². The molecule has 0 aliphatic rings. The Balaban J connectivity index is 1.92. The van der Waals surface area contributed by atoms with Crippen molar-refractivity contribution in [2.45, 2.75) is 26.9 Å². The summed E-state index contributed by atoms with van der Waals surface area (Å²) < 4.78 is 7.82. The summed E-state index contributed by atoms with van der Waals surface area (Å²) in [5.41, 5.74) is 3.10. The summed E-state index contributed by atoms with van der Waals surface area (Å²) in [5, 5.41) is 7.71. The van der Waals surface area contributed by atoms with Crippen LogP contribution in [-0.4, -0.2) is 22.4 Å². The van der Waals surface area contributed by atoms with Gasteiger partial charge in [0.25, 0.3) is 0 Å². The van der Waals surface area contributed by atoms with E-state index in [2.05, 4.69) is 17.3 Å².